The molecule has 0 bridgehead atoms. The Morgan fingerprint density at radius 3 is 2.60 bits per heavy atom. The van der Waals surface area contributed by atoms with Gasteiger partial charge in [0.1, 0.15) is 5.82 Å². The fourth-order valence-corrected chi connectivity index (χ4v) is 2.34. The number of hydrogen-bond acceptors (Lipinski definition) is 2. The lowest BCUT2D eigenvalue weighted by molar-refractivity contribution is 0.0696. The third kappa shape index (κ3) is 3.14. The lowest BCUT2D eigenvalue weighted by atomic mass is 9.97. The molecule has 2 aromatic rings. The summed E-state index contributed by atoms with van der Waals surface area (Å²) in [5.74, 6) is -1.47. The summed E-state index contributed by atoms with van der Waals surface area (Å²) in [6.45, 7) is 0. The average Bonchev–Trinajstić information content (AvgIpc) is 2.41. The zero-order valence-electron chi connectivity index (χ0n) is 10.2. The molecule has 1 N–H and O–H groups in total. The molecule has 0 heterocycles. The van der Waals surface area contributed by atoms with Crippen molar-refractivity contribution in [1.82, 2.24) is 0 Å². The first-order chi connectivity index (χ1) is 9.51. The number of nitrogens with zero attached hydrogens (tertiary/aromatic N) is 1. The van der Waals surface area contributed by atoms with Crippen molar-refractivity contribution < 1.29 is 14.3 Å². The van der Waals surface area contributed by atoms with Gasteiger partial charge in [0.15, 0.2) is 0 Å². The van der Waals surface area contributed by atoms with Crippen molar-refractivity contribution in [2.45, 2.75) is 6.42 Å². The Labute approximate surface area is 128 Å². The number of halogens is 2. The van der Waals surface area contributed by atoms with Gasteiger partial charge >= 0.3 is 5.97 Å². The highest BCUT2D eigenvalue weighted by Crippen LogP contribution is 2.20. The average molecular weight is 381 g/mol. The molecule has 0 aliphatic carbocycles. The van der Waals surface area contributed by atoms with Crippen molar-refractivity contribution in [3.05, 3.63) is 68.0 Å². The third-order valence-corrected chi connectivity index (χ3v) is 3.53. The third-order valence-electron chi connectivity index (χ3n) is 2.86. The zero-order valence-corrected chi connectivity index (χ0v) is 12.4. The molecule has 0 saturated carbocycles. The quantitative estimate of drug-likeness (QED) is 0.827. The van der Waals surface area contributed by atoms with Gasteiger partial charge in [0.25, 0.3) is 0 Å². The highest BCUT2D eigenvalue weighted by Gasteiger charge is 2.13. The largest absolute Gasteiger partial charge is 0.478 e. The van der Waals surface area contributed by atoms with Gasteiger partial charge in [-0.2, -0.15) is 5.26 Å². The Balaban J connectivity index is 2.46. The second-order valence-electron chi connectivity index (χ2n) is 4.20. The van der Waals surface area contributed by atoms with E-state index in [1.165, 1.54) is 24.3 Å². The van der Waals surface area contributed by atoms with E-state index in [0.29, 0.717) is 16.7 Å². The van der Waals surface area contributed by atoms with Crippen molar-refractivity contribution in [1.29, 1.82) is 5.26 Å². The Bertz CT molecular complexity index is 722. The summed E-state index contributed by atoms with van der Waals surface area (Å²) in [5, 5.41) is 18.0. The van der Waals surface area contributed by atoms with Crippen LogP contribution in [0.3, 0.4) is 0 Å². The van der Waals surface area contributed by atoms with Crippen molar-refractivity contribution in [2.75, 3.05) is 0 Å². The fourth-order valence-electron chi connectivity index (χ4n) is 1.89. The lowest BCUT2D eigenvalue weighted by Crippen LogP contribution is -2.04. The molecule has 0 amide bonds. The minimum absolute atomic E-state index is 0.0851. The molecule has 3 nitrogen and oxygen atoms in total. The number of rotatable bonds is 3. The fraction of sp³-hybridized carbons (Fsp3) is 0.0667. The standard InChI is InChI=1S/C15H9FINO2/c16-14-7-12(17)3-2-10(14)6-11-5-9(8-18)1-4-13(11)15(19)20/h1-5,7H,6H2,(H,19,20). The van der Waals surface area contributed by atoms with E-state index in [1.807, 2.05) is 28.7 Å². The van der Waals surface area contributed by atoms with E-state index in [9.17, 15) is 9.18 Å². The van der Waals surface area contributed by atoms with Crippen LogP contribution in [0.1, 0.15) is 27.0 Å². The topological polar surface area (TPSA) is 61.1 Å². The summed E-state index contributed by atoms with van der Waals surface area (Å²) in [4.78, 5) is 11.2. The molecule has 20 heavy (non-hydrogen) atoms. The summed E-state index contributed by atoms with van der Waals surface area (Å²) in [7, 11) is 0. The molecule has 0 spiro atoms. The van der Waals surface area contributed by atoms with Gasteiger partial charge in [-0.3, -0.25) is 0 Å². The zero-order chi connectivity index (χ0) is 14.7. The first-order valence-electron chi connectivity index (χ1n) is 5.71. The van der Waals surface area contributed by atoms with Crippen LogP contribution in [-0.4, -0.2) is 11.1 Å². The van der Waals surface area contributed by atoms with Crippen LogP contribution in [0.2, 0.25) is 0 Å². The summed E-state index contributed by atoms with van der Waals surface area (Å²) in [5.41, 5.74) is 1.28. The van der Waals surface area contributed by atoms with E-state index in [2.05, 4.69) is 0 Å². The van der Waals surface area contributed by atoms with E-state index >= 15 is 0 Å². The Hall–Kier alpha value is -1.94. The van der Waals surface area contributed by atoms with Crippen LogP contribution < -0.4 is 0 Å². The number of carboxylic acids is 1. The van der Waals surface area contributed by atoms with Gasteiger partial charge < -0.3 is 5.11 Å². The van der Waals surface area contributed by atoms with Crippen molar-refractivity contribution >= 4 is 28.6 Å². The first-order valence-corrected chi connectivity index (χ1v) is 6.79. The minimum atomic E-state index is -1.09. The maximum absolute atomic E-state index is 13.8. The molecule has 0 atom stereocenters. The van der Waals surface area contributed by atoms with Crippen molar-refractivity contribution in [3.63, 3.8) is 0 Å². The monoisotopic (exact) mass is 381 g/mol. The number of aromatic carboxylic acids is 1. The van der Waals surface area contributed by atoms with Crippen LogP contribution in [0.25, 0.3) is 0 Å². The molecule has 2 rings (SSSR count). The van der Waals surface area contributed by atoms with E-state index in [1.54, 1.807) is 12.1 Å². The molecule has 0 aromatic heterocycles. The van der Waals surface area contributed by atoms with Crippen LogP contribution >= 0.6 is 22.6 Å². The Morgan fingerprint density at radius 1 is 1.25 bits per heavy atom. The lowest BCUT2D eigenvalue weighted by Gasteiger charge is -2.08. The minimum Gasteiger partial charge on any atom is -0.478 e. The maximum Gasteiger partial charge on any atom is 0.335 e. The second kappa shape index (κ2) is 6.01. The molecule has 0 radical (unpaired) electrons. The molecule has 100 valence electrons. The summed E-state index contributed by atoms with van der Waals surface area (Å²) >= 11 is 2.00. The highest BCUT2D eigenvalue weighted by atomic mass is 127. The van der Waals surface area contributed by atoms with Gasteiger partial charge in [0.05, 0.1) is 17.2 Å². The second-order valence-corrected chi connectivity index (χ2v) is 5.45. The highest BCUT2D eigenvalue weighted by molar-refractivity contribution is 14.1. The maximum atomic E-state index is 13.8. The van der Waals surface area contributed by atoms with Crippen molar-refractivity contribution in [3.8, 4) is 6.07 Å². The molecular formula is C15H9FINO2. The molecule has 0 unspecified atom stereocenters. The van der Waals surface area contributed by atoms with Gasteiger partial charge in [-0.25, -0.2) is 9.18 Å². The van der Waals surface area contributed by atoms with Gasteiger partial charge in [-0.05, 0) is 64.0 Å². The number of carbonyl (C=O) groups is 1. The molecule has 0 aliphatic heterocycles. The van der Waals surface area contributed by atoms with Crippen LogP contribution in [0.4, 0.5) is 4.39 Å². The number of hydrogen-bond donors (Lipinski definition) is 1. The smallest absolute Gasteiger partial charge is 0.335 e. The molecular weight excluding hydrogens is 372 g/mol. The van der Waals surface area contributed by atoms with Gasteiger partial charge in [0, 0.05) is 9.99 Å². The predicted molar refractivity (Wildman–Crippen MR) is 80.0 cm³/mol. The SMILES string of the molecule is N#Cc1ccc(C(=O)O)c(Cc2ccc(I)cc2F)c1. The van der Waals surface area contributed by atoms with E-state index in [-0.39, 0.29) is 17.8 Å². The van der Waals surface area contributed by atoms with Crippen LogP contribution in [0.15, 0.2) is 36.4 Å². The Morgan fingerprint density at radius 2 is 2.00 bits per heavy atom. The predicted octanol–water partition coefficient (Wildman–Crippen LogP) is 3.59. The number of carboxylic acid groups (broad SMARTS) is 1. The molecule has 0 aliphatic rings. The van der Waals surface area contributed by atoms with E-state index < -0.39 is 5.97 Å². The first kappa shape index (κ1) is 14.5. The number of benzene rings is 2. The van der Waals surface area contributed by atoms with E-state index in [0.717, 1.165) is 3.57 Å². The van der Waals surface area contributed by atoms with Gasteiger partial charge in [-0.15, -0.1) is 0 Å². The van der Waals surface area contributed by atoms with Crippen LogP contribution in [0.5, 0.6) is 0 Å². The van der Waals surface area contributed by atoms with Gasteiger partial charge in [-0.1, -0.05) is 6.07 Å². The van der Waals surface area contributed by atoms with Gasteiger partial charge in [0.2, 0.25) is 0 Å². The molecule has 2 aromatic carbocycles. The molecule has 0 saturated heterocycles. The van der Waals surface area contributed by atoms with Crippen LogP contribution in [0, 0.1) is 20.7 Å². The van der Waals surface area contributed by atoms with Crippen LogP contribution in [-0.2, 0) is 6.42 Å². The van der Waals surface area contributed by atoms with Crippen molar-refractivity contribution in [2.24, 2.45) is 0 Å². The number of nitriles is 1. The van der Waals surface area contributed by atoms with E-state index in [4.69, 9.17) is 10.4 Å². The summed E-state index contributed by atoms with van der Waals surface area (Å²) in [6.07, 6.45) is 0.139. The molecule has 0 fully saturated rings. The summed E-state index contributed by atoms with van der Waals surface area (Å²) < 4.78 is 14.6. The normalized spacial score (nSPS) is 10.1. The Kier molecular flexibility index (Phi) is 4.35. The summed E-state index contributed by atoms with van der Waals surface area (Å²) in [6, 6.07) is 11.0. The molecule has 5 heteroatoms.